The van der Waals surface area contributed by atoms with E-state index in [4.69, 9.17) is 5.73 Å². The molecule has 0 aromatic heterocycles. The van der Waals surface area contributed by atoms with Gasteiger partial charge in [-0.25, -0.2) is 8.42 Å². The maximum absolute atomic E-state index is 12.7. The molecule has 2 N–H and O–H groups in total. The molecular formula is C15H18N2O2S. The molecule has 0 unspecified atom stereocenters. The molecule has 106 valence electrons. The Morgan fingerprint density at radius 2 is 1.60 bits per heavy atom. The molecule has 0 heterocycles. The zero-order valence-electron chi connectivity index (χ0n) is 11.8. The van der Waals surface area contributed by atoms with E-state index in [2.05, 4.69) is 0 Å². The van der Waals surface area contributed by atoms with Crippen molar-refractivity contribution >= 4 is 21.4 Å². The Labute approximate surface area is 119 Å². The number of anilines is 2. The first-order chi connectivity index (χ1) is 9.34. The second kappa shape index (κ2) is 5.17. The van der Waals surface area contributed by atoms with Gasteiger partial charge in [-0.05, 0) is 37.6 Å². The molecule has 0 saturated carbocycles. The largest absolute Gasteiger partial charge is 0.398 e. The Balaban J connectivity index is 2.52. The van der Waals surface area contributed by atoms with Crippen molar-refractivity contribution in [3.8, 4) is 0 Å². The molecule has 0 bridgehead atoms. The summed E-state index contributed by atoms with van der Waals surface area (Å²) in [5.74, 6) is 0. The number of nitrogens with two attached hydrogens (primary N) is 1. The van der Waals surface area contributed by atoms with E-state index in [0.29, 0.717) is 11.3 Å². The Hall–Kier alpha value is -2.01. The topological polar surface area (TPSA) is 63.4 Å². The number of nitrogen functional groups attached to an aromatic ring is 1. The minimum Gasteiger partial charge on any atom is -0.398 e. The van der Waals surface area contributed by atoms with Crippen LogP contribution in [0, 0.1) is 13.8 Å². The predicted molar refractivity (Wildman–Crippen MR) is 82.4 cm³/mol. The van der Waals surface area contributed by atoms with Gasteiger partial charge in [0, 0.05) is 7.05 Å². The molecule has 0 aliphatic carbocycles. The van der Waals surface area contributed by atoms with Crippen LogP contribution in [0.15, 0.2) is 47.4 Å². The highest BCUT2D eigenvalue weighted by molar-refractivity contribution is 7.93. The molecule has 0 spiro atoms. The van der Waals surface area contributed by atoms with Crippen LogP contribution in [-0.4, -0.2) is 15.5 Å². The highest BCUT2D eigenvalue weighted by atomic mass is 32.2. The van der Waals surface area contributed by atoms with E-state index in [1.165, 1.54) is 11.4 Å². The average molecular weight is 290 g/mol. The first-order valence-electron chi connectivity index (χ1n) is 6.24. The molecule has 2 rings (SSSR count). The highest BCUT2D eigenvalue weighted by Gasteiger charge is 2.25. The molecule has 0 amide bonds. The minimum atomic E-state index is -3.66. The van der Waals surface area contributed by atoms with Crippen molar-refractivity contribution in [1.29, 1.82) is 0 Å². The average Bonchev–Trinajstić information content (AvgIpc) is 2.38. The van der Waals surface area contributed by atoms with Gasteiger partial charge in [-0.1, -0.05) is 29.8 Å². The Morgan fingerprint density at radius 3 is 2.15 bits per heavy atom. The monoisotopic (exact) mass is 290 g/mol. The van der Waals surface area contributed by atoms with Crippen molar-refractivity contribution in [3.05, 3.63) is 53.6 Å². The minimum absolute atomic E-state index is 0.170. The van der Waals surface area contributed by atoms with Crippen molar-refractivity contribution < 1.29 is 8.42 Å². The van der Waals surface area contributed by atoms with Gasteiger partial charge in [-0.2, -0.15) is 0 Å². The summed E-state index contributed by atoms with van der Waals surface area (Å²) in [6, 6.07) is 12.4. The maximum Gasteiger partial charge on any atom is 0.266 e. The summed E-state index contributed by atoms with van der Waals surface area (Å²) in [4.78, 5) is 0.170. The molecule has 0 fully saturated rings. The van der Waals surface area contributed by atoms with Gasteiger partial charge in [0.25, 0.3) is 10.0 Å². The van der Waals surface area contributed by atoms with Gasteiger partial charge in [0.05, 0.1) is 11.4 Å². The maximum atomic E-state index is 12.7. The van der Waals surface area contributed by atoms with Crippen molar-refractivity contribution in [3.63, 3.8) is 0 Å². The fraction of sp³-hybridized carbons (Fsp3) is 0.200. The van der Waals surface area contributed by atoms with Gasteiger partial charge < -0.3 is 5.73 Å². The lowest BCUT2D eigenvalue weighted by molar-refractivity contribution is 0.594. The Bertz CT molecular complexity index is 702. The summed E-state index contributed by atoms with van der Waals surface area (Å²) in [6.45, 7) is 3.70. The molecule has 0 aliphatic heterocycles. The zero-order chi connectivity index (χ0) is 14.9. The highest BCUT2D eigenvalue weighted by Crippen LogP contribution is 2.28. The van der Waals surface area contributed by atoms with Crippen molar-refractivity contribution in [2.24, 2.45) is 0 Å². The van der Waals surface area contributed by atoms with Crippen molar-refractivity contribution in [1.82, 2.24) is 0 Å². The van der Waals surface area contributed by atoms with Crippen LogP contribution in [0.3, 0.4) is 0 Å². The number of hydrogen-bond acceptors (Lipinski definition) is 3. The smallest absolute Gasteiger partial charge is 0.266 e. The van der Waals surface area contributed by atoms with Crippen molar-refractivity contribution in [2.75, 3.05) is 17.1 Å². The Morgan fingerprint density at radius 1 is 1.00 bits per heavy atom. The van der Waals surface area contributed by atoms with E-state index in [9.17, 15) is 8.42 Å². The summed E-state index contributed by atoms with van der Waals surface area (Å²) in [5.41, 5.74) is 8.44. The summed E-state index contributed by atoms with van der Waals surface area (Å²) in [7, 11) is -2.12. The number of rotatable bonds is 3. The molecule has 0 atom stereocenters. The second-order valence-electron chi connectivity index (χ2n) is 4.80. The SMILES string of the molecule is Cc1ccc(N(C)S(=O)(=O)c2c(C)cccc2N)cc1. The van der Waals surface area contributed by atoms with E-state index >= 15 is 0 Å². The third-order valence-corrected chi connectivity index (χ3v) is 5.26. The van der Waals surface area contributed by atoms with Crippen LogP contribution in [0.4, 0.5) is 11.4 Å². The van der Waals surface area contributed by atoms with Gasteiger partial charge in [-0.15, -0.1) is 0 Å². The van der Waals surface area contributed by atoms with Crippen molar-refractivity contribution in [2.45, 2.75) is 18.7 Å². The van der Waals surface area contributed by atoms with Crippen LogP contribution in [0.2, 0.25) is 0 Å². The number of benzene rings is 2. The first-order valence-corrected chi connectivity index (χ1v) is 7.68. The van der Waals surface area contributed by atoms with Crippen LogP contribution >= 0.6 is 0 Å². The third kappa shape index (κ3) is 2.49. The normalized spacial score (nSPS) is 11.3. The lowest BCUT2D eigenvalue weighted by Gasteiger charge is -2.21. The fourth-order valence-corrected chi connectivity index (χ4v) is 3.57. The molecule has 4 nitrogen and oxygen atoms in total. The van der Waals surface area contributed by atoms with Crippen LogP contribution in [-0.2, 0) is 10.0 Å². The van der Waals surface area contributed by atoms with Crippen LogP contribution in [0.5, 0.6) is 0 Å². The molecular weight excluding hydrogens is 272 g/mol. The predicted octanol–water partition coefficient (Wildman–Crippen LogP) is 2.71. The molecule has 0 radical (unpaired) electrons. The number of aryl methyl sites for hydroxylation is 2. The number of nitrogens with zero attached hydrogens (tertiary/aromatic N) is 1. The second-order valence-corrected chi connectivity index (χ2v) is 6.71. The quantitative estimate of drug-likeness (QED) is 0.884. The van der Waals surface area contributed by atoms with E-state index in [0.717, 1.165) is 5.56 Å². The molecule has 20 heavy (non-hydrogen) atoms. The van der Waals surface area contributed by atoms with Gasteiger partial charge in [-0.3, -0.25) is 4.31 Å². The van der Waals surface area contributed by atoms with Gasteiger partial charge in [0.2, 0.25) is 0 Å². The number of sulfonamides is 1. The molecule has 2 aromatic rings. The lowest BCUT2D eigenvalue weighted by atomic mass is 10.2. The Kier molecular flexibility index (Phi) is 3.72. The van der Waals surface area contributed by atoms with Crippen LogP contribution in [0.1, 0.15) is 11.1 Å². The van der Waals surface area contributed by atoms with Crippen LogP contribution in [0.25, 0.3) is 0 Å². The summed E-state index contributed by atoms with van der Waals surface area (Å²) in [5, 5.41) is 0. The summed E-state index contributed by atoms with van der Waals surface area (Å²) in [6.07, 6.45) is 0. The van der Waals surface area contributed by atoms with E-state index in [-0.39, 0.29) is 10.6 Å². The molecule has 2 aromatic carbocycles. The lowest BCUT2D eigenvalue weighted by Crippen LogP contribution is -2.28. The fourth-order valence-electron chi connectivity index (χ4n) is 2.06. The standard InChI is InChI=1S/C15H18N2O2S/c1-11-7-9-13(10-8-11)17(3)20(18,19)15-12(2)5-4-6-14(15)16/h4-10H,16H2,1-3H3. The molecule has 0 aliphatic rings. The van der Waals surface area contributed by atoms with E-state index in [1.807, 2.05) is 19.1 Å². The van der Waals surface area contributed by atoms with E-state index < -0.39 is 10.0 Å². The van der Waals surface area contributed by atoms with Crippen LogP contribution < -0.4 is 10.0 Å². The molecule has 0 saturated heterocycles. The zero-order valence-corrected chi connectivity index (χ0v) is 12.6. The summed E-state index contributed by atoms with van der Waals surface area (Å²) >= 11 is 0. The number of hydrogen-bond donors (Lipinski definition) is 1. The first kappa shape index (κ1) is 14.4. The third-order valence-electron chi connectivity index (χ3n) is 3.26. The summed E-state index contributed by atoms with van der Waals surface area (Å²) < 4.78 is 26.7. The van der Waals surface area contributed by atoms with Gasteiger partial charge in [0.1, 0.15) is 4.90 Å². The van der Waals surface area contributed by atoms with Gasteiger partial charge >= 0.3 is 0 Å². The molecule has 5 heteroatoms. The van der Waals surface area contributed by atoms with E-state index in [1.54, 1.807) is 37.3 Å². The van der Waals surface area contributed by atoms with Gasteiger partial charge in [0.15, 0.2) is 0 Å².